The molecule has 7 heteroatoms. The first kappa shape index (κ1) is 25.4. The highest BCUT2D eigenvalue weighted by Crippen LogP contribution is 2.46. The Hall–Kier alpha value is -4.26. The SMILES string of the molecule is CC(=O)N(CCC(=O)N[C@H](c1nc2cccc(C)c2c(=O)o1)C(C)C)C1c2ccccc2-c2ccccc21. The number of rotatable bonds is 7. The molecule has 0 bridgehead atoms. The Morgan fingerprint density at radius 3 is 2.21 bits per heavy atom. The maximum atomic E-state index is 13.2. The van der Waals surface area contributed by atoms with Gasteiger partial charge >= 0.3 is 5.63 Å². The van der Waals surface area contributed by atoms with Crippen molar-refractivity contribution in [1.29, 1.82) is 0 Å². The molecule has 4 aromatic rings. The standard InChI is InChI=1S/C31H31N3O4/c1-18(2)28(30-32-25-15-9-10-19(3)27(25)31(37)38-30)33-26(36)16-17-34(20(4)35)29-23-13-7-5-11-21(23)22-12-6-8-14-24(22)29/h5-15,18,28-29H,16-17H2,1-4H3,(H,33,36)/t28-/m0/s1. The Bertz CT molecular complexity index is 1540. The predicted octanol–water partition coefficient (Wildman–Crippen LogP) is 5.32. The van der Waals surface area contributed by atoms with Crippen molar-refractivity contribution in [3.63, 3.8) is 0 Å². The average molecular weight is 510 g/mol. The maximum absolute atomic E-state index is 13.2. The molecule has 3 aromatic carbocycles. The topological polar surface area (TPSA) is 92.5 Å². The summed E-state index contributed by atoms with van der Waals surface area (Å²) in [7, 11) is 0. The first-order chi connectivity index (χ1) is 18.3. The Morgan fingerprint density at radius 2 is 1.61 bits per heavy atom. The van der Waals surface area contributed by atoms with Gasteiger partial charge in [-0.05, 0) is 46.7 Å². The van der Waals surface area contributed by atoms with Crippen molar-refractivity contribution in [2.45, 2.75) is 46.2 Å². The van der Waals surface area contributed by atoms with Crippen LogP contribution in [0.3, 0.4) is 0 Å². The number of hydrogen-bond donors (Lipinski definition) is 1. The van der Waals surface area contributed by atoms with Crippen molar-refractivity contribution in [3.8, 4) is 11.1 Å². The second-order valence-electron chi connectivity index (χ2n) is 10.1. The van der Waals surface area contributed by atoms with Crippen molar-refractivity contribution >= 4 is 22.7 Å². The minimum Gasteiger partial charge on any atom is -0.406 e. The predicted molar refractivity (Wildman–Crippen MR) is 146 cm³/mol. The van der Waals surface area contributed by atoms with Crippen molar-refractivity contribution in [3.05, 3.63) is 99.7 Å². The van der Waals surface area contributed by atoms with E-state index in [0.717, 1.165) is 27.8 Å². The second-order valence-corrected chi connectivity index (χ2v) is 10.1. The van der Waals surface area contributed by atoms with Crippen LogP contribution in [0.25, 0.3) is 22.0 Å². The van der Waals surface area contributed by atoms with Crippen LogP contribution in [-0.4, -0.2) is 28.2 Å². The van der Waals surface area contributed by atoms with Gasteiger partial charge in [0.05, 0.1) is 16.9 Å². The Kier molecular flexibility index (Phi) is 6.85. The molecule has 2 amide bonds. The summed E-state index contributed by atoms with van der Waals surface area (Å²) in [6.45, 7) is 7.48. The summed E-state index contributed by atoms with van der Waals surface area (Å²) < 4.78 is 5.57. The van der Waals surface area contributed by atoms with E-state index in [1.165, 1.54) is 6.92 Å². The van der Waals surface area contributed by atoms with Crippen LogP contribution < -0.4 is 10.9 Å². The van der Waals surface area contributed by atoms with E-state index in [1.807, 2.05) is 69.3 Å². The lowest BCUT2D eigenvalue weighted by Crippen LogP contribution is -2.38. The first-order valence-corrected chi connectivity index (χ1v) is 12.9. The van der Waals surface area contributed by atoms with E-state index in [1.54, 1.807) is 11.0 Å². The van der Waals surface area contributed by atoms with Gasteiger partial charge in [-0.1, -0.05) is 74.5 Å². The third-order valence-electron chi connectivity index (χ3n) is 7.23. The van der Waals surface area contributed by atoms with Crippen LogP contribution in [0.1, 0.15) is 61.9 Å². The van der Waals surface area contributed by atoms with E-state index in [9.17, 15) is 14.4 Å². The molecule has 0 aliphatic heterocycles. The molecule has 1 aromatic heterocycles. The molecule has 0 saturated heterocycles. The van der Waals surface area contributed by atoms with Crippen molar-refractivity contribution < 1.29 is 14.0 Å². The molecule has 1 atom stereocenters. The number of amides is 2. The van der Waals surface area contributed by atoms with Crippen LogP contribution in [0.5, 0.6) is 0 Å². The quantitative estimate of drug-likeness (QED) is 0.364. The molecule has 0 fully saturated rings. The molecule has 1 N–H and O–H groups in total. The lowest BCUT2D eigenvalue weighted by Gasteiger charge is -2.30. The van der Waals surface area contributed by atoms with Crippen LogP contribution >= 0.6 is 0 Å². The van der Waals surface area contributed by atoms with E-state index in [2.05, 4.69) is 22.4 Å². The zero-order valence-electron chi connectivity index (χ0n) is 22.0. The number of carbonyl (C=O) groups excluding carboxylic acids is 2. The van der Waals surface area contributed by atoms with Gasteiger partial charge in [-0.2, -0.15) is 0 Å². The summed E-state index contributed by atoms with van der Waals surface area (Å²) in [5.41, 5.74) is 5.19. The molecule has 1 heterocycles. The van der Waals surface area contributed by atoms with Crippen LogP contribution in [0.15, 0.2) is 75.9 Å². The fourth-order valence-electron chi connectivity index (χ4n) is 5.35. The molecule has 0 radical (unpaired) electrons. The molecule has 1 aliphatic rings. The molecule has 38 heavy (non-hydrogen) atoms. The van der Waals surface area contributed by atoms with E-state index in [0.29, 0.717) is 10.9 Å². The lowest BCUT2D eigenvalue weighted by atomic mass is 10.0. The zero-order chi connectivity index (χ0) is 27.0. The molecule has 1 aliphatic carbocycles. The molecule has 0 saturated carbocycles. The van der Waals surface area contributed by atoms with E-state index in [-0.39, 0.29) is 42.6 Å². The minimum atomic E-state index is -0.584. The van der Waals surface area contributed by atoms with Gasteiger partial charge in [0, 0.05) is 19.9 Å². The third-order valence-corrected chi connectivity index (χ3v) is 7.23. The number of aryl methyl sites for hydroxylation is 1. The number of nitrogens with one attached hydrogen (secondary N) is 1. The molecule has 194 valence electrons. The largest absolute Gasteiger partial charge is 0.406 e. The van der Waals surface area contributed by atoms with Gasteiger partial charge in [-0.3, -0.25) is 9.59 Å². The van der Waals surface area contributed by atoms with Gasteiger partial charge in [-0.25, -0.2) is 9.78 Å². The molecular weight excluding hydrogens is 478 g/mol. The number of benzene rings is 3. The highest BCUT2D eigenvalue weighted by atomic mass is 16.4. The number of carbonyl (C=O) groups is 2. The van der Waals surface area contributed by atoms with Gasteiger partial charge < -0.3 is 14.6 Å². The van der Waals surface area contributed by atoms with Gasteiger partial charge in [0.1, 0.15) is 6.04 Å². The number of hydrogen-bond acceptors (Lipinski definition) is 5. The Balaban J connectivity index is 1.37. The second kappa shape index (κ2) is 10.2. The lowest BCUT2D eigenvalue weighted by molar-refractivity contribution is -0.131. The maximum Gasteiger partial charge on any atom is 0.347 e. The third kappa shape index (κ3) is 4.60. The number of nitrogens with zero attached hydrogens (tertiary/aromatic N) is 2. The van der Waals surface area contributed by atoms with Crippen LogP contribution in [-0.2, 0) is 9.59 Å². The van der Waals surface area contributed by atoms with E-state index >= 15 is 0 Å². The summed E-state index contributed by atoms with van der Waals surface area (Å²) in [6.07, 6.45) is 0.0978. The Labute approximate surface area is 221 Å². The highest BCUT2D eigenvalue weighted by Gasteiger charge is 2.34. The molecular formula is C31H31N3O4. The smallest absolute Gasteiger partial charge is 0.347 e. The summed E-state index contributed by atoms with van der Waals surface area (Å²) in [5, 5.41) is 3.43. The monoisotopic (exact) mass is 509 g/mol. The summed E-state index contributed by atoms with van der Waals surface area (Å²) in [5.74, 6) is -0.247. The fourth-order valence-corrected chi connectivity index (χ4v) is 5.35. The van der Waals surface area contributed by atoms with Gasteiger partial charge in [-0.15, -0.1) is 0 Å². The summed E-state index contributed by atoms with van der Waals surface area (Å²) in [6, 6.07) is 20.8. The van der Waals surface area contributed by atoms with E-state index in [4.69, 9.17) is 4.42 Å². The van der Waals surface area contributed by atoms with E-state index < -0.39 is 11.7 Å². The normalized spacial score (nSPS) is 13.3. The first-order valence-electron chi connectivity index (χ1n) is 12.9. The van der Waals surface area contributed by atoms with Crippen LogP contribution in [0.2, 0.25) is 0 Å². The van der Waals surface area contributed by atoms with Gasteiger partial charge in [0.15, 0.2) is 0 Å². The summed E-state index contributed by atoms with van der Waals surface area (Å²) in [4.78, 5) is 45.0. The number of fused-ring (bicyclic) bond motifs is 4. The average Bonchev–Trinajstić information content (AvgIpc) is 3.21. The van der Waals surface area contributed by atoms with Crippen molar-refractivity contribution in [2.75, 3.05) is 6.54 Å². The molecule has 0 spiro atoms. The Morgan fingerprint density at radius 1 is 0.974 bits per heavy atom. The van der Waals surface area contributed by atoms with Crippen molar-refractivity contribution in [2.24, 2.45) is 5.92 Å². The van der Waals surface area contributed by atoms with Crippen LogP contribution in [0, 0.1) is 12.8 Å². The molecule has 5 rings (SSSR count). The van der Waals surface area contributed by atoms with Gasteiger partial charge in [0.2, 0.25) is 17.7 Å². The van der Waals surface area contributed by atoms with Gasteiger partial charge in [0.25, 0.3) is 0 Å². The highest BCUT2D eigenvalue weighted by molar-refractivity contribution is 5.84. The molecule has 0 unspecified atom stereocenters. The van der Waals surface area contributed by atoms with Crippen molar-refractivity contribution in [1.82, 2.24) is 15.2 Å². The zero-order valence-corrected chi connectivity index (χ0v) is 22.0. The molecule has 7 nitrogen and oxygen atoms in total. The minimum absolute atomic E-state index is 0.0747. The summed E-state index contributed by atoms with van der Waals surface area (Å²) >= 11 is 0. The van der Waals surface area contributed by atoms with Crippen LogP contribution in [0.4, 0.5) is 0 Å². The fraction of sp³-hybridized carbons (Fsp3) is 0.290. The number of aromatic nitrogens is 1.